The molecule has 6 heteroatoms. The monoisotopic (exact) mass is 346 g/mol. The summed E-state index contributed by atoms with van der Waals surface area (Å²) in [6, 6.07) is -0.554. The summed E-state index contributed by atoms with van der Waals surface area (Å²) in [6.07, 6.45) is 5.10. The van der Waals surface area contributed by atoms with Gasteiger partial charge in [-0.05, 0) is 31.7 Å². The number of hydrogen-bond donors (Lipinski definition) is 1. The van der Waals surface area contributed by atoms with E-state index in [4.69, 9.17) is 4.74 Å². The lowest BCUT2D eigenvalue weighted by molar-refractivity contribution is -0.141. The molecule has 0 radical (unpaired) electrons. The Balaban J connectivity index is 1.84. The van der Waals surface area contributed by atoms with Gasteiger partial charge in [-0.15, -0.1) is 0 Å². The number of amides is 1. The summed E-state index contributed by atoms with van der Waals surface area (Å²) in [6.45, 7) is 5.37. The third-order valence-electron chi connectivity index (χ3n) is 5.20. The summed E-state index contributed by atoms with van der Waals surface area (Å²) in [5.74, 6) is -0.452. The molecule has 1 aromatic heterocycles. The lowest BCUT2D eigenvalue weighted by atomic mass is 9.92. The van der Waals surface area contributed by atoms with Crippen LogP contribution in [0.4, 0.5) is 0 Å². The molecule has 0 bridgehead atoms. The largest absolute Gasteiger partial charge is 0.464 e. The van der Waals surface area contributed by atoms with E-state index in [-0.39, 0.29) is 24.1 Å². The van der Waals surface area contributed by atoms with Gasteiger partial charge in [0.2, 0.25) is 5.91 Å². The summed E-state index contributed by atoms with van der Waals surface area (Å²) < 4.78 is 7.11. The number of aromatic nitrogens is 1. The fraction of sp³-hybridized carbons (Fsp3) is 0.632. The van der Waals surface area contributed by atoms with Crippen molar-refractivity contribution in [3.63, 3.8) is 0 Å². The van der Waals surface area contributed by atoms with Crippen LogP contribution < -0.4 is 5.32 Å². The van der Waals surface area contributed by atoms with E-state index in [9.17, 15) is 14.4 Å². The van der Waals surface area contributed by atoms with Gasteiger partial charge in [0.15, 0.2) is 5.78 Å². The number of nitrogens with zero attached hydrogens (tertiary/aromatic N) is 1. The van der Waals surface area contributed by atoms with Crippen LogP contribution in [0.25, 0.3) is 0 Å². The minimum absolute atomic E-state index is 0.141. The SMILES string of the molecule is CCCCn1c(C)c(CC(=O)NC2CCOC2=O)c2c1CCCC2=O. The Morgan fingerprint density at radius 3 is 2.80 bits per heavy atom. The predicted octanol–water partition coefficient (Wildman–Crippen LogP) is 2.09. The highest BCUT2D eigenvalue weighted by molar-refractivity contribution is 6.01. The summed E-state index contributed by atoms with van der Waals surface area (Å²) in [4.78, 5) is 36.5. The van der Waals surface area contributed by atoms with Gasteiger partial charge in [-0.1, -0.05) is 13.3 Å². The number of hydrogen-bond acceptors (Lipinski definition) is 4. The fourth-order valence-electron chi connectivity index (χ4n) is 3.85. The molecule has 1 fully saturated rings. The first-order valence-electron chi connectivity index (χ1n) is 9.23. The molecule has 1 aliphatic carbocycles. The molecule has 1 N–H and O–H groups in total. The van der Waals surface area contributed by atoms with Crippen LogP contribution in [0.3, 0.4) is 0 Å². The summed E-state index contributed by atoms with van der Waals surface area (Å²) >= 11 is 0. The van der Waals surface area contributed by atoms with E-state index in [0.29, 0.717) is 19.4 Å². The molecule has 0 saturated carbocycles. The standard InChI is InChI=1S/C19H26N2O4/c1-3-4-9-21-12(2)13(18-15(21)6-5-7-16(18)22)11-17(23)20-14-8-10-25-19(14)24/h14H,3-11H2,1-2H3,(H,20,23). The molecule has 1 amide bonds. The Labute approximate surface area is 147 Å². The van der Waals surface area contributed by atoms with E-state index < -0.39 is 6.04 Å². The van der Waals surface area contributed by atoms with Crippen molar-refractivity contribution >= 4 is 17.7 Å². The zero-order chi connectivity index (χ0) is 18.0. The lowest BCUT2D eigenvalue weighted by Gasteiger charge is -2.15. The van der Waals surface area contributed by atoms with Crippen molar-refractivity contribution in [2.45, 2.75) is 71.4 Å². The highest BCUT2D eigenvalue weighted by Crippen LogP contribution is 2.30. The van der Waals surface area contributed by atoms with Crippen LogP contribution in [-0.2, 0) is 33.7 Å². The minimum Gasteiger partial charge on any atom is -0.464 e. The molecule has 0 aromatic carbocycles. The Hall–Kier alpha value is -2.11. The second kappa shape index (κ2) is 7.42. The average molecular weight is 346 g/mol. The maximum absolute atomic E-state index is 12.5. The number of nitrogens with one attached hydrogen (secondary N) is 1. The smallest absolute Gasteiger partial charge is 0.328 e. The van der Waals surface area contributed by atoms with Crippen molar-refractivity contribution < 1.29 is 19.1 Å². The number of carbonyl (C=O) groups excluding carboxylic acids is 3. The van der Waals surface area contributed by atoms with Crippen molar-refractivity contribution in [1.82, 2.24) is 9.88 Å². The lowest BCUT2D eigenvalue weighted by Crippen LogP contribution is -2.39. The molecule has 6 nitrogen and oxygen atoms in total. The van der Waals surface area contributed by atoms with Crippen LogP contribution in [0.1, 0.15) is 66.3 Å². The molecular weight excluding hydrogens is 320 g/mol. The number of fused-ring (bicyclic) bond motifs is 1. The van der Waals surface area contributed by atoms with Crippen molar-refractivity contribution in [3.8, 4) is 0 Å². The Morgan fingerprint density at radius 2 is 2.12 bits per heavy atom. The molecule has 0 spiro atoms. The Bertz CT molecular complexity index is 705. The van der Waals surface area contributed by atoms with Gasteiger partial charge in [0.25, 0.3) is 0 Å². The molecule has 136 valence electrons. The maximum Gasteiger partial charge on any atom is 0.328 e. The molecule has 25 heavy (non-hydrogen) atoms. The number of Topliss-reactive ketones (excluding diaryl/α,β-unsaturated/α-hetero) is 1. The molecule has 1 aromatic rings. The van der Waals surface area contributed by atoms with Crippen LogP contribution in [0.15, 0.2) is 0 Å². The topological polar surface area (TPSA) is 77.4 Å². The van der Waals surface area contributed by atoms with Crippen LogP contribution in [0.5, 0.6) is 0 Å². The fourth-order valence-corrected chi connectivity index (χ4v) is 3.85. The van der Waals surface area contributed by atoms with Gasteiger partial charge in [0.1, 0.15) is 6.04 Å². The third kappa shape index (κ3) is 3.48. The first-order valence-corrected chi connectivity index (χ1v) is 9.23. The molecule has 2 aliphatic rings. The highest BCUT2D eigenvalue weighted by atomic mass is 16.5. The van der Waals surface area contributed by atoms with Gasteiger partial charge >= 0.3 is 5.97 Å². The number of ether oxygens (including phenoxy) is 1. The van der Waals surface area contributed by atoms with Crippen molar-refractivity contribution in [1.29, 1.82) is 0 Å². The number of esters is 1. The van der Waals surface area contributed by atoms with Crippen LogP contribution in [0, 0.1) is 6.92 Å². The van der Waals surface area contributed by atoms with Crippen LogP contribution >= 0.6 is 0 Å². The molecule has 3 rings (SSSR count). The molecule has 1 aliphatic heterocycles. The van der Waals surface area contributed by atoms with Gasteiger partial charge in [-0.25, -0.2) is 4.79 Å². The minimum atomic E-state index is -0.554. The van der Waals surface area contributed by atoms with Crippen molar-refractivity contribution in [2.75, 3.05) is 6.61 Å². The second-order valence-electron chi connectivity index (χ2n) is 6.92. The van der Waals surface area contributed by atoms with Crippen molar-refractivity contribution in [2.24, 2.45) is 0 Å². The summed E-state index contributed by atoms with van der Waals surface area (Å²) in [5.41, 5.74) is 3.69. The first-order chi connectivity index (χ1) is 12.0. The normalized spacial score (nSPS) is 19.7. The number of cyclic esters (lactones) is 1. The number of rotatable bonds is 6. The molecule has 1 atom stereocenters. The molecular formula is C19H26N2O4. The summed E-state index contributed by atoms with van der Waals surface area (Å²) in [5, 5.41) is 2.74. The van der Waals surface area contributed by atoms with Crippen LogP contribution in [0.2, 0.25) is 0 Å². The van der Waals surface area contributed by atoms with E-state index in [2.05, 4.69) is 16.8 Å². The molecule has 1 unspecified atom stereocenters. The number of ketones is 1. The molecule has 2 heterocycles. The van der Waals surface area contributed by atoms with Gasteiger partial charge in [0, 0.05) is 36.3 Å². The Kier molecular flexibility index (Phi) is 5.25. The van der Waals surface area contributed by atoms with Gasteiger partial charge in [-0.3, -0.25) is 9.59 Å². The van der Waals surface area contributed by atoms with E-state index in [1.165, 1.54) is 0 Å². The van der Waals surface area contributed by atoms with E-state index in [0.717, 1.165) is 54.7 Å². The zero-order valence-electron chi connectivity index (χ0n) is 15.0. The second-order valence-corrected chi connectivity index (χ2v) is 6.92. The van der Waals surface area contributed by atoms with Crippen LogP contribution in [-0.4, -0.2) is 34.9 Å². The van der Waals surface area contributed by atoms with Gasteiger partial charge < -0.3 is 14.6 Å². The van der Waals surface area contributed by atoms with E-state index in [1.54, 1.807) is 0 Å². The number of carbonyl (C=O) groups is 3. The zero-order valence-corrected chi connectivity index (χ0v) is 15.0. The van der Waals surface area contributed by atoms with E-state index in [1.807, 2.05) is 6.92 Å². The van der Waals surface area contributed by atoms with Gasteiger partial charge in [-0.2, -0.15) is 0 Å². The molecule has 1 saturated heterocycles. The Morgan fingerprint density at radius 1 is 1.32 bits per heavy atom. The van der Waals surface area contributed by atoms with E-state index >= 15 is 0 Å². The van der Waals surface area contributed by atoms with Gasteiger partial charge in [0.05, 0.1) is 13.0 Å². The average Bonchev–Trinajstić information content (AvgIpc) is 3.09. The first kappa shape index (κ1) is 17.7. The number of unbranched alkanes of at least 4 members (excludes halogenated alkanes) is 1. The van der Waals surface area contributed by atoms with Crippen molar-refractivity contribution in [3.05, 3.63) is 22.5 Å². The highest BCUT2D eigenvalue weighted by Gasteiger charge is 2.31. The maximum atomic E-state index is 12.5. The predicted molar refractivity (Wildman–Crippen MR) is 92.6 cm³/mol. The third-order valence-corrected chi connectivity index (χ3v) is 5.20. The quantitative estimate of drug-likeness (QED) is 0.800. The summed E-state index contributed by atoms with van der Waals surface area (Å²) in [7, 11) is 0.